The van der Waals surface area contributed by atoms with E-state index in [1.54, 1.807) is 6.07 Å². The number of carboxylic acids is 1. The highest BCUT2D eigenvalue weighted by Gasteiger charge is 2.20. The lowest BCUT2D eigenvalue weighted by Gasteiger charge is -2.27. The van der Waals surface area contributed by atoms with Crippen molar-refractivity contribution in [1.82, 2.24) is 10.3 Å². The molecule has 0 spiro atoms. The molecule has 1 aromatic rings. The van der Waals surface area contributed by atoms with Crippen LogP contribution in [0.1, 0.15) is 41.7 Å². The molecule has 0 unspecified atom stereocenters. The molecular formula is C14H22Cl2N2O2. The van der Waals surface area contributed by atoms with Gasteiger partial charge in [-0.05, 0) is 57.2 Å². The normalized spacial score (nSPS) is 21.4. The average Bonchev–Trinajstić information content (AvgIpc) is 2.40. The third-order valence-electron chi connectivity index (χ3n) is 3.82. The predicted octanol–water partition coefficient (Wildman–Crippen LogP) is 2.94. The molecule has 0 saturated heterocycles. The molecule has 1 heterocycles. The summed E-state index contributed by atoms with van der Waals surface area (Å²) in [6.45, 7) is 0. The van der Waals surface area contributed by atoms with E-state index in [4.69, 9.17) is 5.11 Å². The van der Waals surface area contributed by atoms with E-state index >= 15 is 0 Å². The van der Waals surface area contributed by atoms with Gasteiger partial charge in [0.2, 0.25) is 0 Å². The van der Waals surface area contributed by atoms with E-state index in [-0.39, 0.29) is 30.4 Å². The molecule has 2 rings (SSSR count). The molecule has 1 aromatic heterocycles. The molecule has 1 aliphatic carbocycles. The van der Waals surface area contributed by atoms with Crippen LogP contribution in [0.25, 0.3) is 0 Å². The zero-order valence-electron chi connectivity index (χ0n) is 11.5. The largest absolute Gasteiger partial charge is 0.478 e. The summed E-state index contributed by atoms with van der Waals surface area (Å²) in [4.78, 5) is 15.0. The van der Waals surface area contributed by atoms with Crippen molar-refractivity contribution in [3.63, 3.8) is 0 Å². The Morgan fingerprint density at radius 2 is 1.95 bits per heavy atom. The number of carboxylic acid groups (broad SMARTS) is 1. The summed E-state index contributed by atoms with van der Waals surface area (Å²) in [6, 6.07) is 4.15. The molecule has 0 radical (unpaired) electrons. The minimum Gasteiger partial charge on any atom is -0.478 e. The Labute approximate surface area is 132 Å². The summed E-state index contributed by atoms with van der Waals surface area (Å²) in [6.07, 6.45) is 7.34. The monoisotopic (exact) mass is 320 g/mol. The average molecular weight is 321 g/mol. The van der Waals surface area contributed by atoms with Crippen LogP contribution in [0.2, 0.25) is 0 Å². The number of nitrogens with one attached hydrogen (secondary N) is 1. The van der Waals surface area contributed by atoms with Gasteiger partial charge in [-0.25, -0.2) is 4.79 Å². The first-order valence-electron chi connectivity index (χ1n) is 6.54. The second-order valence-corrected chi connectivity index (χ2v) is 5.05. The molecule has 1 aliphatic rings. The number of aromatic nitrogens is 1. The molecule has 0 aliphatic heterocycles. The van der Waals surface area contributed by atoms with Crippen molar-refractivity contribution in [2.75, 3.05) is 7.05 Å². The molecule has 0 aromatic carbocycles. The first-order chi connectivity index (χ1) is 8.69. The van der Waals surface area contributed by atoms with Crippen molar-refractivity contribution < 1.29 is 9.90 Å². The van der Waals surface area contributed by atoms with Crippen molar-refractivity contribution in [3.8, 4) is 0 Å². The molecule has 6 heteroatoms. The Morgan fingerprint density at radius 1 is 1.30 bits per heavy atom. The second kappa shape index (κ2) is 9.16. The van der Waals surface area contributed by atoms with Crippen molar-refractivity contribution in [3.05, 3.63) is 29.6 Å². The number of hydrogen-bond acceptors (Lipinski definition) is 3. The Balaban J connectivity index is 0.00000180. The van der Waals surface area contributed by atoms with Crippen LogP contribution < -0.4 is 5.32 Å². The molecule has 114 valence electrons. The maximum Gasteiger partial charge on any atom is 0.337 e. The first kappa shape index (κ1) is 19.2. The SMILES string of the molecule is CNC1CCC(Cc2ccc(C(=O)O)cn2)CC1.Cl.Cl. The van der Waals surface area contributed by atoms with Crippen LogP contribution >= 0.6 is 24.8 Å². The maximum absolute atomic E-state index is 10.7. The topological polar surface area (TPSA) is 62.2 Å². The molecule has 0 amide bonds. The smallest absolute Gasteiger partial charge is 0.337 e. The fourth-order valence-electron chi connectivity index (χ4n) is 2.62. The van der Waals surface area contributed by atoms with Crippen LogP contribution in [0.15, 0.2) is 18.3 Å². The van der Waals surface area contributed by atoms with Gasteiger partial charge < -0.3 is 10.4 Å². The third kappa shape index (κ3) is 5.27. The fourth-order valence-corrected chi connectivity index (χ4v) is 2.62. The van der Waals surface area contributed by atoms with Gasteiger partial charge in [0.05, 0.1) is 5.56 Å². The minimum atomic E-state index is -0.913. The maximum atomic E-state index is 10.7. The molecule has 4 nitrogen and oxygen atoms in total. The summed E-state index contributed by atoms with van der Waals surface area (Å²) >= 11 is 0. The lowest BCUT2D eigenvalue weighted by molar-refractivity contribution is 0.0696. The van der Waals surface area contributed by atoms with Gasteiger partial charge in [-0.3, -0.25) is 4.98 Å². The van der Waals surface area contributed by atoms with E-state index in [1.165, 1.54) is 31.9 Å². The number of nitrogens with zero attached hydrogens (tertiary/aromatic N) is 1. The number of hydrogen-bond donors (Lipinski definition) is 2. The Hall–Kier alpha value is -0.840. The summed E-state index contributed by atoms with van der Waals surface area (Å²) in [5.41, 5.74) is 1.27. The highest BCUT2D eigenvalue weighted by molar-refractivity contribution is 5.87. The Bertz CT molecular complexity index is 404. The zero-order valence-corrected chi connectivity index (χ0v) is 13.2. The third-order valence-corrected chi connectivity index (χ3v) is 3.82. The lowest BCUT2D eigenvalue weighted by atomic mass is 9.83. The van der Waals surface area contributed by atoms with Gasteiger partial charge in [0.25, 0.3) is 0 Å². The van der Waals surface area contributed by atoms with Gasteiger partial charge in [0, 0.05) is 17.9 Å². The summed E-state index contributed by atoms with van der Waals surface area (Å²) in [5.74, 6) is -0.221. The lowest BCUT2D eigenvalue weighted by Crippen LogP contribution is -2.30. The molecule has 0 bridgehead atoms. The fraction of sp³-hybridized carbons (Fsp3) is 0.571. The second-order valence-electron chi connectivity index (χ2n) is 5.05. The minimum absolute atomic E-state index is 0. The molecule has 20 heavy (non-hydrogen) atoms. The Kier molecular flexibility index (Phi) is 8.78. The van der Waals surface area contributed by atoms with Crippen LogP contribution in [0, 0.1) is 5.92 Å². The highest BCUT2D eigenvalue weighted by Crippen LogP contribution is 2.26. The molecule has 2 N–H and O–H groups in total. The molecular weight excluding hydrogens is 299 g/mol. The van der Waals surface area contributed by atoms with Crippen LogP contribution in [0.4, 0.5) is 0 Å². The van der Waals surface area contributed by atoms with E-state index in [0.717, 1.165) is 12.1 Å². The van der Waals surface area contributed by atoms with E-state index in [1.807, 2.05) is 13.1 Å². The van der Waals surface area contributed by atoms with Gasteiger partial charge in [-0.2, -0.15) is 0 Å². The number of pyridine rings is 1. The standard InChI is InChI=1S/C14H20N2O2.2ClH/c1-15-12-5-2-10(3-6-12)8-13-7-4-11(9-16-13)14(17)18;;/h4,7,9-10,12,15H,2-3,5-6,8H2,1H3,(H,17,18);2*1H. The van der Waals surface area contributed by atoms with E-state index in [9.17, 15) is 4.79 Å². The van der Waals surface area contributed by atoms with Crippen molar-refractivity contribution in [1.29, 1.82) is 0 Å². The van der Waals surface area contributed by atoms with Crippen molar-refractivity contribution in [2.45, 2.75) is 38.1 Å². The van der Waals surface area contributed by atoms with Gasteiger partial charge in [0.1, 0.15) is 0 Å². The van der Waals surface area contributed by atoms with Crippen LogP contribution in [0.5, 0.6) is 0 Å². The van der Waals surface area contributed by atoms with Crippen molar-refractivity contribution >= 4 is 30.8 Å². The van der Waals surface area contributed by atoms with Crippen molar-refractivity contribution in [2.24, 2.45) is 5.92 Å². The Morgan fingerprint density at radius 3 is 2.40 bits per heavy atom. The van der Waals surface area contributed by atoms with Crippen LogP contribution in [-0.4, -0.2) is 29.1 Å². The number of aromatic carboxylic acids is 1. The van der Waals surface area contributed by atoms with Gasteiger partial charge in [-0.1, -0.05) is 0 Å². The predicted molar refractivity (Wildman–Crippen MR) is 84.2 cm³/mol. The van der Waals surface area contributed by atoms with Gasteiger partial charge >= 0.3 is 5.97 Å². The number of carbonyl (C=O) groups is 1. The molecule has 1 saturated carbocycles. The van der Waals surface area contributed by atoms with Crippen LogP contribution in [0.3, 0.4) is 0 Å². The highest BCUT2D eigenvalue weighted by atomic mass is 35.5. The van der Waals surface area contributed by atoms with Gasteiger partial charge in [0.15, 0.2) is 0 Å². The van der Waals surface area contributed by atoms with E-state index < -0.39 is 5.97 Å². The van der Waals surface area contributed by atoms with E-state index in [0.29, 0.717) is 12.0 Å². The number of halogens is 2. The first-order valence-corrected chi connectivity index (χ1v) is 6.54. The summed E-state index contributed by atoms with van der Waals surface area (Å²) in [5, 5.41) is 12.1. The summed E-state index contributed by atoms with van der Waals surface area (Å²) < 4.78 is 0. The van der Waals surface area contributed by atoms with Crippen LogP contribution in [-0.2, 0) is 6.42 Å². The summed E-state index contributed by atoms with van der Waals surface area (Å²) in [7, 11) is 2.02. The van der Waals surface area contributed by atoms with E-state index in [2.05, 4.69) is 10.3 Å². The molecule has 0 atom stereocenters. The quantitative estimate of drug-likeness (QED) is 0.895. The zero-order chi connectivity index (χ0) is 13.0. The molecule has 1 fully saturated rings. The number of rotatable bonds is 4. The van der Waals surface area contributed by atoms with Gasteiger partial charge in [-0.15, -0.1) is 24.8 Å².